The summed E-state index contributed by atoms with van der Waals surface area (Å²) in [4.78, 5) is 0. The lowest BCUT2D eigenvalue weighted by molar-refractivity contribution is 0.409. The molecule has 4 heteroatoms. The number of nitriles is 1. The second-order valence-corrected chi connectivity index (χ2v) is 2.46. The van der Waals surface area contributed by atoms with Crippen molar-refractivity contribution in [1.29, 1.82) is 5.26 Å². The third-order valence-corrected chi connectivity index (χ3v) is 1.68. The van der Waals surface area contributed by atoms with E-state index in [2.05, 4.69) is 0 Å². The molecule has 1 aromatic rings. The Morgan fingerprint density at radius 2 is 2.25 bits per heavy atom. The fraction of sp³-hybridized carbons (Fsp3) is 0.125. The number of nitrogens with zero attached hydrogens (tertiary/aromatic N) is 1. The third-order valence-electron chi connectivity index (χ3n) is 1.39. The first-order valence-corrected chi connectivity index (χ1v) is 3.50. The van der Waals surface area contributed by atoms with E-state index in [1.807, 2.05) is 0 Å². The van der Waals surface area contributed by atoms with Crippen LogP contribution in [0.1, 0.15) is 5.56 Å². The minimum atomic E-state index is -0.737. The minimum Gasteiger partial charge on any atom is -0.495 e. The summed E-state index contributed by atoms with van der Waals surface area (Å²) in [6, 6.07) is 4.46. The second-order valence-electron chi connectivity index (χ2n) is 2.05. The van der Waals surface area contributed by atoms with Crippen LogP contribution in [0.15, 0.2) is 12.1 Å². The zero-order valence-electron chi connectivity index (χ0n) is 6.27. The second kappa shape index (κ2) is 3.42. The maximum Gasteiger partial charge on any atom is 0.163 e. The topological polar surface area (TPSA) is 33.0 Å². The average molecular weight is 186 g/mol. The van der Waals surface area contributed by atoms with Gasteiger partial charge in [0.15, 0.2) is 5.82 Å². The molecule has 0 aromatic heterocycles. The van der Waals surface area contributed by atoms with Gasteiger partial charge >= 0.3 is 0 Å². The molecule has 0 aliphatic heterocycles. The van der Waals surface area contributed by atoms with Gasteiger partial charge in [0.05, 0.1) is 12.1 Å². The molecule has 0 radical (unpaired) electrons. The highest BCUT2D eigenvalue weighted by atomic mass is 35.5. The van der Waals surface area contributed by atoms with Gasteiger partial charge in [0.2, 0.25) is 0 Å². The van der Waals surface area contributed by atoms with E-state index in [4.69, 9.17) is 21.6 Å². The van der Waals surface area contributed by atoms with Crippen LogP contribution in [-0.2, 0) is 0 Å². The Morgan fingerprint density at radius 3 is 2.75 bits per heavy atom. The van der Waals surface area contributed by atoms with E-state index < -0.39 is 5.82 Å². The Balaban J connectivity index is 3.38. The summed E-state index contributed by atoms with van der Waals surface area (Å²) in [5, 5.41) is 8.45. The van der Waals surface area contributed by atoms with Crippen molar-refractivity contribution in [3.05, 3.63) is 28.5 Å². The van der Waals surface area contributed by atoms with Crippen LogP contribution in [0.3, 0.4) is 0 Å². The van der Waals surface area contributed by atoms with E-state index >= 15 is 0 Å². The number of benzene rings is 1. The quantitative estimate of drug-likeness (QED) is 0.673. The van der Waals surface area contributed by atoms with E-state index in [0.29, 0.717) is 0 Å². The highest BCUT2D eigenvalue weighted by Crippen LogP contribution is 2.25. The molecule has 0 N–H and O–H groups in total. The van der Waals surface area contributed by atoms with Gasteiger partial charge in [-0.15, -0.1) is 0 Å². The van der Waals surface area contributed by atoms with Gasteiger partial charge in [-0.3, -0.25) is 0 Å². The van der Waals surface area contributed by atoms with Crippen molar-refractivity contribution in [2.45, 2.75) is 0 Å². The lowest BCUT2D eigenvalue weighted by atomic mass is 10.2. The average Bonchev–Trinajstić information content (AvgIpc) is 2.09. The number of hydrogen-bond donors (Lipinski definition) is 0. The lowest BCUT2D eigenvalue weighted by Crippen LogP contribution is -1.91. The van der Waals surface area contributed by atoms with Gasteiger partial charge in [0.1, 0.15) is 17.4 Å². The molecule has 1 aromatic carbocycles. The molecule has 0 bridgehead atoms. The minimum absolute atomic E-state index is 0.0765. The largest absolute Gasteiger partial charge is 0.495 e. The number of halogens is 2. The van der Waals surface area contributed by atoms with Crippen molar-refractivity contribution in [2.24, 2.45) is 0 Å². The number of hydrogen-bond acceptors (Lipinski definition) is 2. The number of methoxy groups -OCH3 is 1. The standard InChI is InChI=1S/C8H5ClFNO/c1-12-7-3-2-6(9)8(10)5(7)4-11/h2-3H,1H3. The van der Waals surface area contributed by atoms with Gasteiger partial charge in [-0.05, 0) is 12.1 Å². The summed E-state index contributed by atoms with van der Waals surface area (Å²) in [5.74, 6) is -0.544. The highest BCUT2D eigenvalue weighted by molar-refractivity contribution is 6.30. The van der Waals surface area contributed by atoms with Crippen molar-refractivity contribution < 1.29 is 9.13 Å². The van der Waals surface area contributed by atoms with Gasteiger partial charge in [-0.2, -0.15) is 5.26 Å². The van der Waals surface area contributed by atoms with Crippen LogP contribution in [0.4, 0.5) is 4.39 Å². The Morgan fingerprint density at radius 1 is 1.58 bits per heavy atom. The van der Waals surface area contributed by atoms with Crippen molar-refractivity contribution >= 4 is 11.6 Å². The maximum absolute atomic E-state index is 13.0. The Labute approximate surface area is 74.1 Å². The molecular formula is C8H5ClFNO. The van der Waals surface area contributed by atoms with E-state index in [1.54, 1.807) is 6.07 Å². The summed E-state index contributed by atoms with van der Waals surface area (Å²) >= 11 is 5.44. The molecule has 0 aliphatic rings. The summed E-state index contributed by atoms with van der Waals surface area (Å²) in [7, 11) is 1.36. The Bertz CT molecular complexity index is 346. The first-order valence-electron chi connectivity index (χ1n) is 3.12. The molecule has 0 saturated carbocycles. The molecule has 0 saturated heterocycles. The molecule has 0 amide bonds. The van der Waals surface area contributed by atoms with Gasteiger partial charge in [0.25, 0.3) is 0 Å². The molecule has 12 heavy (non-hydrogen) atoms. The number of ether oxygens (including phenoxy) is 1. The lowest BCUT2D eigenvalue weighted by Gasteiger charge is -2.03. The Kier molecular flexibility index (Phi) is 2.51. The van der Waals surface area contributed by atoms with Crippen LogP contribution < -0.4 is 4.74 Å². The molecule has 0 atom stereocenters. The summed E-state index contributed by atoms with van der Waals surface area (Å²) in [6.07, 6.45) is 0. The monoisotopic (exact) mass is 185 g/mol. The fourth-order valence-electron chi connectivity index (χ4n) is 0.807. The SMILES string of the molecule is COc1ccc(Cl)c(F)c1C#N. The van der Waals surface area contributed by atoms with Gasteiger partial charge < -0.3 is 4.74 Å². The van der Waals surface area contributed by atoms with E-state index in [0.717, 1.165) is 0 Å². The zero-order valence-corrected chi connectivity index (χ0v) is 7.02. The van der Waals surface area contributed by atoms with Gasteiger partial charge in [-0.25, -0.2) is 4.39 Å². The molecule has 0 heterocycles. The molecular weight excluding hydrogens is 181 g/mol. The first kappa shape index (κ1) is 8.82. The third kappa shape index (κ3) is 1.34. The Hall–Kier alpha value is -1.27. The van der Waals surface area contributed by atoms with E-state index in [-0.39, 0.29) is 16.3 Å². The van der Waals surface area contributed by atoms with Crippen LogP contribution >= 0.6 is 11.6 Å². The molecule has 2 nitrogen and oxygen atoms in total. The summed E-state index contributed by atoms with van der Waals surface area (Å²) < 4.78 is 17.8. The van der Waals surface area contributed by atoms with Crippen LogP contribution in [0.25, 0.3) is 0 Å². The van der Waals surface area contributed by atoms with Crippen LogP contribution in [0, 0.1) is 17.1 Å². The molecule has 0 aliphatic carbocycles. The van der Waals surface area contributed by atoms with Crippen LogP contribution in [0.2, 0.25) is 5.02 Å². The summed E-state index contributed by atoms with van der Waals surface area (Å²) in [5.41, 5.74) is -0.162. The van der Waals surface area contributed by atoms with Crippen LogP contribution in [-0.4, -0.2) is 7.11 Å². The molecule has 0 unspecified atom stereocenters. The first-order chi connectivity index (χ1) is 5.70. The zero-order chi connectivity index (χ0) is 9.14. The van der Waals surface area contributed by atoms with Gasteiger partial charge in [0, 0.05) is 0 Å². The molecule has 62 valence electrons. The molecule has 0 spiro atoms. The highest BCUT2D eigenvalue weighted by Gasteiger charge is 2.11. The van der Waals surface area contributed by atoms with Crippen molar-refractivity contribution in [3.8, 4) is 11.8 Å². The predicted molar refractivity (Wildman–Crippen MR) is 42.7 cm³/mol. The molecule has 1 rings (SSSR count). The molecule has 0 fully saturated rings. The maximum atomic E-state index is 13.0. The predicted octanol–water partition coefficient (Wildman–Crippen LogP) is 2.36. The van der Waals surface area contributed by atoms with Crippen molar-refractivity contribution in [2.75, 3.05) is 7.11 Å². The van der Waals surface area contributed by atoms with Crippen LogP contribution in [0.5, 0.6) is 5.75 Å². The van der Waals surface area contributed by atoms with E-state index in [1.165, 1.54) is 19.2 Å². The van der Waals surface area contributed by atoms with Crippen molar-refractivity contribution in [1.82, 2.24) is 0 Å². The smallest absolute Gasteiger partial charge is 0.163 e. The van der Waals surface area contributed by atoms with Gasteiger partial charge in [-0.1, -0.05) is 11.6 Å². The summed E-state index contributed by atoms with van der Waals surface area (Å²) in [6.45, 7) is 0. The normalized spacial score (nSPS) is 9.17. The number of rotatable bonds is 1. The van der Waals surface area contributed by atoms with E-state index in [9.17, 15) is 4.39 Å². The fourth-order valence-corrected chi connectivity index (χ4v) is 0.965. The van der Waals surface area contributed by atoms with Crippen molar-refractivity contribution in [3.63, 3.8) is 0 Å².